The molecule has 92 valence electrons. The van der Waals surface area contributed by atoms with E-state index in [1.165, 1.54) is 18.3 Å². The van der Waals surface area contributed by atoms with Crippen molar-refractivity contribution in [3.8, 4) is 5.75 Å². The minimum absolute atomic E-state index is 0.119. The summed E-state index contributed by atoms with van der Waals surface area (Å²) in [6.07, 6.45) is 1.34. The molecule has 0 unspecified atom stereocenters. The summed E-state index contributed by atoms with van der Waals surface area (Å²) in [6.45, 7) is 0. The van der Waals surface area contributed by atoms with E-state index >= 15 is 0 Å². The van der Waals surface area contributed by atoms with Crippen molar-refractivity contribution in [1.82, 2.24) is 4.98 Å². The number of halogens is 2. The van der Waals surface area contributed by atoms with Crippen LogP contribution in [0.1, 0.15) is 10.4 Å². The standard InChI is InChI=1S/C12H8F2N2O2/c13-7-3-4-9(14)8(6-7)12(18)16-11-10(17)2-1-5-15-11/h1-6,17H,(H,15,16,18). The van der Waals surface area contributed by atoms with E-state index in [4.69, 9.17) is 0 Å². The lowest BCUT2D eigenvalue weighted by Crippen LogP contribution is -2.15. The summed E-state index contributed by atoms with van der Waals surface area (Å²) < 4.78 is 26.2. The van der Waals surface area contributed by atoms with Gasteiger partial charge in [-0.1, -0.05) is 0 Å². The Bertz CT molecular complexity index is 602. The number of anilines is 1. The molecule has 18 heavy (non-hydrogen) atoms. The van der Waals surface area contributed by atoms with Crippen LogP contribution in [0.15, 0.2) is 36.5 Å². The molecule has 4 nitrogen and oxygen atoms in total. The van der Waals surface area contributed by atoms with Crippen LogP contribution >= 0.6 is 0 Å². The van der Waals surface area contributed by atoms with E-state index in [0.717, 1.165) is 18.2 Å². The number of benzene rings is 1. The second-order valence-electron chi connectivity index (χ2n) is 3.45. The van der Waals surface area contributed by atoms with Gasteiger partial charge in [0.05, 0.1) is 5.56 Å². The van der Waals surface area contributed by atoms with Crippen LogP contribution in [-0.2, 0) is 0 Å². The summed E-state index contributed by atoms with van der Waals surface area (Å²) in [5.41, 5.74) is -0.458. The molecule has 0 saturated carbocycles. The summed E-state index contributed by atoms with van der Waals surface area (Å²) >= 11 is 0. The topological polar surface area (TPSA) is 62.2 Å². The van der Waals surface area contributed by atoms with Crippen molar-refractivity contribution in [2.45, 2.75) is 0 Å². The number of nitrogens with one attached hydrogen (secondary N) is 1. The third-order valence-electron chi connectivity index (χ3n) is 2.19. The Morgan fingerprint density at radius 1 is 1.28 bits per heavy atom. The molecule has 1 aromatic carbocycles. The number of carbonyl (C=O) groups excluding carboxylic acids is 1. The van der Waals surface area contributed by atoms with Crippen LogP contribution in [0.25, 0.3) is 0 Å². The monoisotopic (exact) mass is 250 g/mol. The van der Waals surface area contributed by atoms with Crippen LogP contribution in [0.2, 0.25) is 0 Å². The first-order valence-corrected chi connectivity index (χ1v) is 4.98. The minimum Gasteiger partial charge on any atom is -0.504 e. The predicted octanol–water partition coefficient (Wildman–Crippen LogP) is 2.32. The molecule has 1 aromatic heterocycles. The van der Waals surface area contributed by atoms with Crippen molar-refractivity contribution in [3.63, 3.8) is 0 Å². The van der Waals surface area contributed by atoms with Gasteiger partial charge in [0, 0.05) is 6.20 Å². The van der Waals surface area contributed by atoms with Crippen molar-refractivity contribution in [1.29, 1.82) is 0 Å². The maximum Gasteiger partial charge on any atom is 0.259 e. The highest BCUT2D eigenvalue weighted by Crippen LogP contribution is 2.20. The molecule has 0 spiro atoms. The largest absolute Gasteiger partial charge is 0.504 e. The molecule has 0 aliphatic heterocycles. The first-order chi connectivity index (χ1) is 8.58. The molecule has 1 amide bonds. The molecule has 6 heteroatoms. The van der Waals surface area contributed by atoms with Crippen LogP contribution in [0, 0.1) is 11.6 Å². The Labute approximate surface area is 101 Å². The first-order valence-electron chi connectivity index (χ1n) is 4.98. The van der Waals surface area contributed by atoms with E-state index in [1.807, 2.05) is 0 Å². The van der Waals surface area contributed by atoms with Gasteiger partial charge >= 0.3 is 0 Å². The zero-order chi connectivity index (χ0) is 13.1. The molecule has 0 fully saturated rings. The highest BCUT2D eigenvalue weighted by atomic mass is 19.1. The molecule has 0 saturated heterocycles. The molecule has 2 rings (SSSR count). The highest BCUT2D eigenvalue weighted by Gasteiger charge is 2.14. The van der Waals surface area contributed by atoms with Gasteiger partial charge in [0.15, 0.2) is 11.6 Å². The summed E-state index contributed by atoms with van der Waals surface area (Å²) in [5, 5.41) is 11.6. The average Bonchev–Trinajstić information content (AvgIpc) is 2.35. The van der Waals surface area contributed by atoms with Crippen LogP contribution < -0.4 is 5.32 Å². The maximum atomic E-state index is 13.3. The van der Waals surface area contributed by atoms with Gasteiger partial charge in [0.2, 0.25) is 0 Å². The number of amides is 1. The van der Waals surface area contributed by atoms with Gasteiger partial charge in [-0.3, -0.25) is 4.79 Å². The van der Waals surface area contributed by atoms with Crippen LogP contribution in [0.3, 0.4) is 0 Å². The van der Waals surface area contributed by atoms with Crippen molar-refractivity contribution in [2.75, 3.05) is 5.32 Å². The molecule has 0 aliphatic rings. The number of nitrogens with zero attached hydrogens (tertiary/aromatic N) is 1. The zero-order valence-electron chi connectivity index (χ0n) is 9.02. The third kappa shape index (κ3) is 2.42. The van der Waals surface area contributed by atoms with E-state index in [-0.39, 0.29) is 11.6 Å². The lowest BCUT2D eigenvalue weighted by molar-refractivity contribution is 0.102. The van der Waals surface area contributed by atoms with Gasteiger partial charge in [-0.25, -0.2) is 13.8 Å². The highest BCUT2D eigenvalue weighted by molar-refractivity contribution is 6.04. The van der Waals surface area contributed by atoms with Gasteiger partial charge in [-0.15, -0.1) is 0 Å². The number of aromatic hydroxyl groups is 1. The van der Waals surface area contributed by atoms with E-state index in [0.29, 0.717) is 0 Å². The molecule has 0 atom stereocenters. The second-order valence-corrected chi connectivity index (χ2v) is 3.45. The van der Waals surface area contributed by atoms with Crippen molar-refractivity contribution < 1.29 is 18.7 Å². The fourth-order valence-electron chi connectivity index (χ4n) is 1.34. The zero-order valence-corrected chi connectivity index (χ0v) is 9.02. The van der Waals surface area contributed by atoms with E-state index in [9.17, 15) is 18.7 Å². The molecular weight excluding hydrogens is 242 g/mol. The number of pyridine rings is 1. The van der Waals surface area contributed by atoms with Crippen LogP contribution in [0.4, 0.5) is 14.6 Å². The molecule has 2 aromatic rings. The Morgan fingerprint density at radius 2 is 2.06 bits per heavy atom. The Balaban J connectivity index is 2.28. The lowest BCUT2D eigenvalue weighted by atomic mass is 10.2. The van der Waals surface area contributed by atoms with Crippen molar-refractivity contribution in [2.24, 2.45) is 0 Å². The van der Waals surface area contributed by atoms with Crippen LogP contribution in [-0.4, -0.2) is 16.0 Å². The number of carbonyl (C=O) groups is 1. The number of rotatable bonds is 2. The predicted molar refractivity (Wildman–Crippen MR) is 60.2 cm³/mol. The molecule has 2 N–H and O–H groups in total. The average molecular weight is 250 g/mol. The molecule has 0 radical (unpaired) electrons. The first kappa shape index (κ1) is 12.0. The molecule has 0 bridgehead atoms. The van der Waals surface area contributed by atoms with Gasteiger partial charge in [-0.05, 0) is 30.3 Å². The second kappa shape index (κ2) is 4.79. The van der Waals surface area contributed by atoms with E-state index in [1.54, 1.807) is 0 Å². The van der Waals surface area contributed by atoms with Gasteiger partial charge in [0.1, 0.15) is 11.6 Å². The fraction of sp³-hybridized carbons (Fsp3) is 0. The van der Waals surface area contributed by atoms with Crippen molar-refractivity contribution >= 4 is 11.7 Å². The third-order valence-corrected chi connectivity index (χ3v) is 2.19. The van der Waals surface area contributed by atoms with Crippen molar-refractivity contribution in [3.05, 3.63) is 53.7 Å². The summed E-state index contributed by atoms with van der Waals surface area (Å²) in [5.74, 6) is -2.86. The lowest BCUT2D eigenvalue weighted by Gasteiger charge is -2.06. The SMILES string of the molecule is O=C(Nc1ncccc1O)c1cc(F)ccc1F. The van der Waals surface area contributed by atoms with Gasteiger partial charge in [-0.2, -0.15) is 0 Å². The normalized spacial score (nSPS) is 10.1. The number of aromatic nitrogens is 1. The fourth-order valence-corrected chi connectivity index (χ4v) is 1.34. The Kier molecular flexibility index (Phi) is 3.18. The maximum absolute atomic E-state index is 13.3. The molecule has 0 aliphatic carbocycles. The smallest absolute Gasteiger partial charge is 0.259 e. The molecule has 1 heterocycles. The minimum atomic E-state index is -0.888. The molecular formula is C12H8F2N2O2. The van der Waals surface area contributed by atoms with Gasteiger partial charge in [0.25, 0.3) is 5.91 Å². The number of hydrogen-bond donors (Lipinski definition) is 2. The summed E-state index contributed by atoms with van der Waals surface area (Å²) in [7, 11) is 0. The Hall–Kier alpha value is -2.50. The van der Waals surface area contributed by atoms with Gasteiger partial charge < -0.3 is 10.4 Å². The summed E-state index contributed by atoms with van der Waals surface area (Å²) in [6, 6.07) is 5.30. The van der Waals surface area contributed by atoms with Crippen LogP contribution in [0.5, 0.6) is 5.75 Å². The van der Waals surface area contributed by atoms with E-state index in [2.05, 4.69) is 10.3 Å². The summed E-state index contributed by atoms with van der Waals surface area (Å²) in [4.78, 5) is 15.4. The van der Waals surface area contributed by atoms with E-state index < -0.39 is 23.1 Å². The Morgan fingerprint density at radius 3 is 2.78 bits per heavy atom. The number of hydrogen-bond acceptors (Lipinski definition) is 3. The quantitative estimate of drug-likeness (QED) is 0.859.